The lowest BCUT2D eigenvalue weighted by Gasteiger charge is -2.17. The minimum absolute atomic E-state index is 0.441. The maximum absolute atomic E-state index is 10.3. The van der Waals surface area contributed by atoms with Gasteiger partial charge in [-0.05, 0) is 82.9 Å². The summed E-state index contributed by atoms with van der Waals surface area (Å²) in [5.41, 5.74) is 13.3. The summed E-state index contributed by atoms with van der Waals surface area (Å²) in [7, 11) is 0. The van der Waals surface area contributed by atoms with Crippen molar-refractivity contribution in [1.82, 2.24) is 24.1 Å². The van der Waals surface area contributed by atoms with Gasteiger partial charge in [0.2, 0.25) is 0 Å². The molecule has 0 aliphatic carbocycles. The lowest BCUT2D eigenvalue weighted by Crippen LogP contribution is -2.04. The quantitative estimate of drug-likeness (QED) is 0.159. The molecule has 12 rings (SSSR count). The number of nitrogens with zero attached hydrogens (tertiary/aromatic N) is 7. The van der Waals surface area contributed by atoms with E-state index < -0.39 is 0 Å². The molecule has 0 fully saturated rings. The molecule has 7 heteroatoms. The molecule has 66 heavy (non-hydrogen) atoms. The number of benzene rings is 9. The number of hydrogen-bond acceptors (Lipinski definition) is 5. The average molecular weight is 842 g/mol. The fourth-order valence-electron chi connectivity index (χ4n) is 9.48. The van der Waals surface area contributed by atoms with Crippen molar-refractivity contribution in [2.45, 2.75) is 0 Å². The summed E-state index contributed by atoms with van der Waals surface area (Å²) in [5.74, 6) is 1.66. The second-order valence-electron chi connectivity index (χ2n) is 16.2. The molecule has 0 aliphatic rings. The van der Waals surface area contributed by atoms with E-state index in [1.807, 2.05) is 72.8 Å². The van der Waals surface area contributed by atoms with Crippen LogP contribution >= 0.6 is 0 Å². The van der Waals surface area contributed by atoms with Crippen molar-refractivity contribution in [3.8, 4) is 79.9 Å². The first-order valence-corrected chi connectivity index (χ1v) is 21.7. The SMILES string of the molecule is N#Cc1ccc(-c2ccc3c4ccccc4n(-c4ccc(-c5cccc6c5c5ccccc5n6-c5ccccc5)cc4-c4nc(-c5ccccc5)nc(-c5ccccc5)n4)c3c2)c(C#N)c1. The highest BCUT2D eigenvalue weighted by Gasteiger charge is 2.23. The highest BCUT2D eigenvalue weighted by Crippen LogP contribution is 2.43. The Morgan fingerprint density at radius 3 is 1.62 bits per heavy atom. The van der Waals surface area contributed by atoms with Gasteiger partial charge in [-0.2, -0.15) is 10.5 Å². The number of rotatable bonds is 7. The Labute approximate surface area is 380 Å². The van der Waals surface area contributed by atoms with Crippen LogP contribution < -0.4 is 0 Å². The zero-order valence-electron chi connectivity index (χ0n) is 35.3. The van der Waals surface area contributed by atoms with Crippen LogP contribution in [-0.4, -0.2) is 24.1 Å². The molecule has 12 aromatic rings. The summed E-state index contributed by atoms with van der Waals surface area (Å²) < 4.78 is 4.63. The van der Waals surface area contributed by atoms with Crippen LogP contribution in [0.4, 0.5) is 0 Å². The van der Waals surface area contributed by atoms with E-state index in [4.69, 9.17) is 15.0 Å². The van der Waals surface area contributed by atoms with E-state index in [0.29, 0.717) is 28.6 Å². The Hall–Kier alpha value is -9.43. The topological polar surface area (TPSA) is 96.1 Å². The van der Waals surface area contributed by atoms with Crippen molar-refractivity contribution in [2.75, 3.05) is 0 Å². The third kappa shape index (κ3) is 6.31. The lowest BCUT2D eigenvalue weighted by molar-refractivity contribution is 1.06. The van der Waals surface area contributed by atoms with Gasteiger partial charge in [0.25, 0.3) is 0 Å². The van der Waals surface area contributed by atoms with Gasteiger partial charge in [-0.1, -0.05) is 152 Å². The van der Waals surface area contributed by atoms with E-state index in [1.165, 1.54) is 0 Å². The average Bonchev–Trinajstić information content (AvgIpc) is 3.91. The summed E-state index contributed by atoms with van der Waals surface area (Å²) in [5, 5.41) is 24.3. The molecule has 0 unspecified atom stereocenters. The minimum atomic E-state index is 0.441. The van der Waals surface area contributed by atoms with Crippen molar-refractivity contribution in [3.63, 3.8) is 0 Å². The summed E-state index contributed by atoms with van der Waals surface area (Å²) in [6.07, 6.45) is 0. The van der Waals surface area contributed by atoms with Crippen LogP contribution in [0.5, 0.6) is 0 Å². The van der Waals surface area contributed by atoms with Crippen LogP contribution in [-0.2, 0) is 0 Å². The normalized spacial score (nSPS) is 11.3. The fraction of sp³-hybridized carbons (Fsp3) is 0. The first-order valence-electron chi connectivity index (χ1n) is 21.7. The minimum Gasteiger partial charge on any atom is -0.309 e. The Morgan fingerprint density at radius 2 is 0.924 bits per heavy atom. The van der Waals surface area contributed by atoms with Crippen LogP contribution in [0.3, 0.4) is 0 Å². The predicted octanol–water partition coefficient (Wildman–Crippen LogP) is 14.1. The van der Waals surface area contributed by atoms with E-state index >= 15 is 0 Å². The smallest absolute Gasteiger partial charge is 0.166 e. The first-order chi connectivity index (χ1) is 32.6. The van der Waals surface area contributed by atoms with E-state index in [-0.39, 0.29) is 0 Å². The molecule has 0 spiro atoms. The van der Waals surface area contributed by atoms with E-state index in [2.05, 4.69) is 149 Å². The molecule has 0 amide bonds. The molecule has 0 saturated heterocycles. The molecule has 0 atom stereocenters. The predicted molar refractivity (Wildman–Crippen MR) is 265 cm³/mol. The molecule has 3 aromatic heterocycles. The number of aromatic nitrogens is 5. The van der Waals surface area contributed by atoms with E-state index in [9.17, 15) is 10.5 Å². The summed E-state index contributed by atoms with van der Waals surface area (Å²) in [6, 6.07) is 77.0. The lowest BCUT2D eigenvalue weighted by atomic mass is 9.96. The molecule has 3 heterocycles. The molecule has 0 saturated carbocycles. The highest BCUT2D eigenvalue weighted by atomic mass is 15.1. The van der Waals surface area contributed by atoms with Gasteiger partial charge in [-0.15, -0.1) is 0 Å². The molecule has 0 N–H and O–H groups in total. The zero-order valence-corrected chi connectivity index (χ0v) is 35.3. The van der Waals surface area contributed by atoms with Gasteiger partial charge in [0.1, 0.15) is 0 Å². The van der Waals surface area contributed by atoms with Crippen molar-refractivity contribution in [1.29, 1.82) is 10.5 Å². The Balaban J connectivity index is 1.17. The van der Waals surface area contributed by atoms with Crippen molar-refractivity contribution < 1.29 is 0 Å². The maximum Gasteiger partial charge on any atom is 0.166 e. The molecule has 306 valence electrons. The third-order valence-electron chi connectivity index (χ3n) is 12.5. The molecule has 7 nitrogen and oxygen atoms in total. The molecular formula is C59H35N7. The molecule has 0 radical (unpaired) electrons. The maximum atomic E-state index is 10.3. The van der Waals surface area contributed by atoms with Crippen molar-refractivity contribution in [2.24, 2.45) is 0 Å². The number of fused-ring (bicyclic) bond motifs is 6. The van der Waals surface area contributed by atoms with Gasteiger partial charge in [-0.3, -0.25) is 0 Å². The third-order valence-corrected chi connectivity index (χ3v) is 12.5. The van der Waals surface area contributed by atoms with Gasteiger partial charge in [-0.25, -0.2) is 15.0 Å². The molecule has 9 aromatic carbocycles. The van der Waals surface area contributed by atoms with Crippen molar-refractivity contribution >= 4 is 43.6 Å². The second-order valence-corrected chi connectivity index (χ2v) is 16.2. The first kappa shape index (κ1) is 38.3. The van der Waals surface area contributed by atoms with Gasteiger partial charge < -0.3 is 9.13 Å². The Morgan fingerprint density at radius 1 is 0.348 bits per heavy atom. The zero-order chi connectivity index (χ0) is 44.1. The Bertz CT molecular complexity index is 3890. The van der Waals surface area contributed by atoms with E-state index in [1.54, 1.807) is 12.1 Å². The molecule has 0 aliphatic heterocycles. The van der Waals surface area contributed by atoms with E-state index in [0.717, 1.165) is 93.9 Å². The van der Waals surface area contributed by atoms with Gasteiger partial charge >= 0.3 is 0 Å². The largest absolute Gasteiger partial charge is 0.309 e. The monoisotopic (exact) mass is 841 g/mol. The van der Waals surface area contributed by atoms with Crippen LogP contribution in [0.15, 0.2) is 212 Å². The number of para-hydroxylation sites is 3. The standard InChI is InChI=1S/C59H35N7/c60-36-38-27-30-45(43(33-38)37-61)42-28-31-48-47-21-10-12-24-51(47)66(55(48)35-42)53-32-29-41(46-23-14-26-54-56(46)49-22-11-13-25-52(49)65(54)44-19-8-3-9-20-44)34-50(53)59-63-57(39-15-4-1-5-16-39)62-58(64-59)40-17-6-2-7-18-40/h1-35H. The summed E-state index contributed by atoms with van der Waals surface area (Å²) in [6.45, 7) is 0. The van der Waals surface area contributed by atoms with Crippen LogP contribution in [0, 0.1) is 22.7 Å². The Kier molecular flexibility index (Phi) is 9.12. The van der Waals surface area contributed by atoms with Crippen molar-refractivity contribution in [3.05, 3.63) is 223 Å². The van der Waals surface area contributed by atoms with Gasteiger partial charge in [0.15, 0.2) is 17.5 Å². The number of hydrogen-bond donors (Lipinski definition) is 0. The fourth-order valence-corrected chi connectivity index (χ4v) is 9.48. The molecular weight excluding hydrogens is 807 g/mol. The summed E-state index contributed by atoms with van der Waals surface area (Å²) >= 11 is 0. The number of nitriles is 2. The van der Waals surface area contributed by atoms with Crippen LogP contribution in [0.25, 0.3) is 111 Å². The van der Waals surface area contributed by atoms with Crippen LogP contribution in [0.1, 0.15) is 11.1 Å². The second kappa shape index (κ2) is 15.7. The van der Waals surface area contributed by atoms with Gasteiger partial charge in [0, 0.05) is 43.9 Å². The van der Waals surface area contributed by atoms with Gasteiger partial charge in [0.05, 0.1) is 51.0 Å². The van der Waals surface area contributed by atoms with Crippen LogP contribution in [0.2, 0.25) is 0 Å². The molecule has 0 bridgehead atoms. The highest BCUT2D eigenvalue weighted by molar-refractivity contribution is 6.16. The summed E-state index contributed by atoms with van der Waals surface area (Å²) in [4.78, 5) is 15.7.